The number of fused-ring (bicyclic) bond motifs is 1. The van der Waals surface area contributed by atoms with Crippen molar-refractivity contribution in [3.05, 3.63) is 10.5 Å². The van der Waals surface area contributed by atoms with Gasteiger partial charge in [-0.1, -0.05) is 0 Å². The van der Waals surface area contributed by atoms with Gasteiger partial charge in [-0.3, -0.25) is 4.57 Å². The van der Waals surface area contributed by atoms with Crippen LogP contribution in [0.4, 0.5) is 0 Å². The van der Waals surface area contributed by atoms with E-state index in [9.17, 15) is 4.79 Å². The van der Waals surface area contributed by atoms with Crippen LogP contribution in [0.2, 0.25) is 0 Å². The van der Waals surface area contributed by atoms with Crippen molar-refractivity contribution in [2.75, 3.05) is 6.61 Å². The normalized spacial score (nSPS) is 12.8. The molecule has 2 rings (SSSR count). The standard InChI is InChI=1S/C12H18N4O2S/c1-5-15-10-9(7(3)14-15)13-12(19)16(10)8(4)11(17)18-6-2/h8H,5-6H2,1-4H3,(H,13,19). The summed E-state index contributed by atoms with van der Waals surface area (Å²) in [5.41, 5.74) is 2.59. The minimum Gasteiger partial charge on any atom is -0.464 e. The number of H-pyrrole nitrogens is 1. The van der Waals surface area contributed by atoms with E-state index < -0.39 is 6.04 Å². The molecule has 2 heterocycles. The van der Waals surface area contributed by atoms with Crippen LogP contribution in [0.5, 0.6) is 0 Å². The highest BCUT2D eigenvalue weighted by Crippen LogP contribution is 2.22. The monoisotopic (exact) mass is 282 g/mol. The molecule has 7 heteroatoms. The Morgan fingerprint density at radius 2 is 2.21 bits per heavy atom. The fraction of sp³-hybridized carbons (Fsp3) is 0.583. The number of ether oxygens (including phenoxy) is 1. The second-order valence-electron chi connectivity index (χ2n) is 4.33. The predicted octanol–water partition coefficient (Wildman–Crippen LogP) is 2.35. The zero-order chi connectivity index (χ0) is 14.2. The molecule has 1 atom stereocenters. The molecule has 0 saturated heterocycles. The van der Waals surface area contributed by atoms with Crippen LogP contribution in [0.3, 0.4) is 0 Å². The first-order valence-electron chi connectivity index (χ1n) is 6.35. The number of imidazole rings is 1. The molecule has 2 aromatic heterocycles. The summed E-state index contributed by atoms with van der Waals surface area (Å²) in [6, 6.07) is -0.470. The highest BCUT2D eigenvalue weighted by molar-refractivity contribution is 7.71. The van der Waals surface area contributed by atoms with Crippen LogP contribution in [0.1, 0.15) is 32.5 Å². The summed E-state index contributed by atoms with van der Waals surface area (Å²) in [5.74, 6) is -0.291. The molecule has 2 aromatic rings. The molecule has 0 saturated carbocycles. The van der Waals surface area contributed by atoms with Gasteiger partial charge in [0.25, 0.3) is 0 Å². The van der Waals surface area contributed by atoms with Crippen molar-refractivity contribution in [1.82, 2.24) is 19.3 Å². The lowest BCUT2D eigenvalue weighted by atomic mass is 10.3. The Hall–Kier alpha value is -1.63. The number of hydrogen-bond donors (Lipinski definition) is 1. The molecule has 0 aliphatic carbocycles. The minimum absolute atomic E-state index is 0.291. The van der Waals surface area contributed by atoms with E-state index in [0.29, 0.717) is 17.9 Å². The maximum Gasteiger partial charge on any atom is 0.328 e. The minimum atomic E-state index is -0.470. The Balaban J connectivity index is 2.62. The first-order chi connectivity index (χ1) is 9.01. The Kier molecular flexibility index (Phi) is 3.75. The molecule has 19 heavy (non-hydrogen) atoms. The van der Waals surface area contributed by atoms with Gasteiger partial charge in [0.2, 0.25) is 0 Å². The summed E-state index contributed by atoms with van der Waals surface area (Å²) in [6.45, 7) is 8.56. The average Bonchev–Trinajstić information content (AvgIpc) is 2.86. The van der Waals surface area contributed by atoms with E-state index in [4.69, 9.17) is 17.0 Å². The van der Waals surface area contributed by atoms with Gasteiger partial charge in [-0.2, -0.15) is 5.10 Å². The van der Waals surface area contributed by atoms with Gasteiger partial charge in [-0.05, 0) is 39.9 Å². The predicted molar refractivity (Wildman–Crippen MR) is 74.7 cm³/mol. The molecule has 0 radical (unpaired) electrons. The third-order valence-electron chi connectivity index (χ3n) is 3.09. The summed E-state index contributed by atoms with van der Waals surface area (Å²) in [4.78, 5) is 15.0. The van der Waals surface area contributed by atoms with Gasteiger partial charge in [0.15, 0.2) is 10.4 Å². The number of nitrogens with one attached hydrogen (secondary N) is 1. The van der Waals surface area contributed by atoms with Gasteiger partial charge < -0.3 is 9.72 Å². The van der Waals surface area contributed by atoms with E-state index in [1.165, 1.54) is 0 Å². The number of hydrogen-bond acceptors (Lipinski definition) is 4. The van der Waals surface area contributed by atoms with Gasteiger partial charge in [-0.25, -0.2) is 9.48 Å². The van der Waals surface area contributed by atoms with Crippen molar-refractivity contribution in [1.29, 1.82) is 0 Å². The molecule has 1 unspecified atom stereocenters. The van der Waals surface area contributed by atoms with Crippen LogP contribution in [-0.2, 0) is 16.1 Å². The third-order valence-corrected chi connectivity index (χ3v) is 3.39. The SMILES string of the molecule is CCOC(=O)C(C)n1c(=S)[nH]c2c(C)nn(CC)c21. The first-order valence-corrected chi connectivity index (χ1v) is 6.76. The zero-order valence-electron chi connectivity index (χ0n) is 11.6. The van der Waals surface area contributed by atoms with Crippen LogP contribution < -0.4 is 0 Å². The second kappa shape index (κ2) is 5.16. The van der Waals surface area contributed by atoms with Crippen LogP contribution in [0.15, 0.2) is 0 Å². The molecule has 0 aromatic carbocycles. The van der Waals surface area contributed by atoms with Crippen LogP contribution in [0, 0.1) is 11.7 Å². The van der Waals surface area contributed by atoms with Crippen molar-refractivity contribution in [3.8, 4) is 0 Å². The first kappa shape index (κ1) is 13.8. The van der Waals surface area contributed by atoms with E-state index in [1.807, 2.05) is 18.5 Å². The van der Waals surface area contributed by atoms with Gasteiger partial charge in [0.05, 0.1) is 12.3 Å². The smallest absolute Gasteiger partial charge is 0.328 e. The number of aromatic nitrogens is 4. The van der Waals surface area contributed by atoms with E-state index in [-0.39, 0.29) is 5.97 Å². The number of aryl methyl sites for hydroxylation is 2. The Labute approximate surface area is 116 Å². The molecular weight excluding hydrogens is 264 g/mol. The number of nitrogens with zero attached hydrogens (tertiary/aromatic N) is 3. The quantitative estimate of drug-likeness (QED) is 0.690. The van der Waals surface area contributed by atoms with E-state index >= 15 is 0 Å². The number of esters is 1. The fourth-order valence-corrected chi connectivity index (χ4v) is 2.52. The summed E-state index contributed by atoms with van der Waals surface area (Å²) in [6.07, 6.45) is 0. The lowest BCUT2D eigenvalue weighted by molar-refractivity contribution is -0.146. The molecule has 0 bridgehead atoms. The fourth-order valence-electron chi connectivity index (χ4n) is 2.17. The lowest BCUT2D eigenvalue weighted by Gasteiger charge is -2.13. The molecule has 0 spiro atoms. The molecule has 0 fully saturated rings. The second-order valence-corrected chi connectivity index (χ2v) is 4.71. The van der Waals surface area contributed by atoms with E-state index in [1.54, 1.807) is 18.4 Å². The molecule has 0 amide bonds. The van der Waals surface area contributed by atoms with Crippen LogP contribution >= 0.6 is 12.2 Å². The van der Waals surface area contributed by atoms with Gasteiger partial charge in [0, 0.05) is 6.54 Å². The highest BCUT2D eigenvalue weighted by Gasteiger charge is 2.23. The number of carbonyl (C=O) groups is 1. The molecule has 6 nitrogen and oxygen atoms in total. The van der Waals surface area contributed by atoms with Crippen molar-refractivity contribution in [2.24, 2.45) is 0 Å². The Morgan fingerprint density at radius 3 is 2.79 bits per heavy atom. The summed E-state index contributed by atoms with van der Waals surface area (Å²) >= 11 is 5.31. The average molecular weight is 282 g/mol. The van der Waals surface area contributed by atoms with E-state index in [0.717, 1.165) is 16.9 Å². The Bertz CT molecular complexity index is 667. The maximum atomic E-state index is 11.9. The summed E-state index contributed by atoms with van der Waals surface area (Å²) in [7, 11) is 0. The summed E-state index contributed by atoms with van der Waals surface area (Å²) in [5, 5.41) is 4.42. The molecular formula is C12H18N4O2S. The topological polar surface area (TPSA) is 64.8 Å². The number of rotatable bonds is 4. The molecule has 1 N–H and O–H groups in total. The van der Waals surface area contributed by atoms with Crippen molar-refractivity contribution < 1.29 is 9.53 Å². The maximum absolute atomic E-state index is 11.9. The molecule has 104 valence electrons. The van der Waals surface area contributed by atoms with E-state index in [2.05, 4.69) is 10.1 Å². The Morgan fingerprint density at radius 1 is 1.53 bits per heavy atom. The third kappa shape index (κ3) is 2.18. The highest BCUT2D eigenvalue weighted by atomic mass is 32.1. The lowest BCUT2D eigenvalue weighted by Crippen LogP contribution is -2.20. The van der Waals surface area contributed by atoms with Crippen LogP contribution in [0.25, 0.3) is 11.2 Å². The molecule has 0 aliphatic heterocycles. The van der Waals surface area contributed by atoms with Crippen molar-refractivity contribution >= 4 is 29.4 Å². The largest absolute Gasteiger partial charge is 0.464 e. The van der Waals surface area contributed by atoms with Crippen molar-refractivity contribution in [2.45, 2.75) is 40.3 Å². The van der Waals surface area contributed by atoms with Crippen molar-refractivity contribution in [3.63, 3.8) is 0 Å². The van der Waals surface area contributed by atoms with Crippen LogP contribution in [-0.4, -0.2) is 31.9 Å². The van der Waals surface area contributed by atoms with Gasteiger partial charge >= 0.3 is 5.97 Å². The van der Waals surface area contributed by atoms with Gasteiger partial charge in [0.1, 0.15) is 11.6 Å². The molecule has 0 aliphatic rings. The van der Waals surface area contributed by atoms with Gasteiger partial charge in [-0.15, -0.1) is 0 Å². The zero-order valence-corrected chi connectivity index (χ0v) is 12.4. The number of aromatic amines is 1. The summed E-state index contributed by atoms with van der Waals surface area (Å²) < 4.78 is 9.18. The number of carbonyl (C=O) groups excluding carboxylic acids is 1.